The van der Waals surface area contributed by atoms with Crippen LogP contribution in [0.4, 0.5) is 10.1 Å². The second-order valence-corrected chi connectivity index (χ2v) is 4.12. The van der Waals surface area contributed by atoms with Crippen LogP contribution in [-0.4, -0.2) is 23.1 Å². The van der Waals surface area contributed by atoms with Gasteiger partial charge < -0.3 is 10.0 Å². The normalized spacial score (nSPS) is 10.2. The first-order chi connectivity index (χ1) is 9.09. The van der Waals surface area contributed by atoms with Crippen molar-refractivity contribution in [1.29, 1.82) is 0 Å². The van der Waals surface area contributed by atoms with Crippen LogP contribution < -0.4 is 4.90 Å². The predicted octanol–water partition coefficient (Wildman–Crippen LogP) is 2.56. The molecule has 0 unspecified atom stereocenters. The summed E-state index contributed by atoms with van der Waals surface area (Å²) in [4.78, 5) is 16.6. The Kier molecular flexibility index (Phi) is 3.75. The second-order valence-electron chi connectivity index (χ2n) is 4.12. The van der Waals surface area contributed by atoms with Gasteiger partial charge in [0, 0.05) is 25.4 Å². The number of hydrogen-bond acceptors (Lipinski definition) is 3. The van der Waals surface area contributed by atoms with Crippen LogP contribution in [0.2, 0.25) is 0 Å². The number of pyridine rings is 1. The highest BCUT2D eigenvalue weighted by Gasteiger charge is 2.15. The zero-order valence-electron chi connectivity index (χ0n) is 10.4. The Morgan fingerprint density at radius 2 is 2.05 bits per heavy atom. The molecule has 98 valence electrons. The third kappa shape index (κ3) is 2.88. The molecule has 0 bridgehead atoms. The first-order valence-corrected chi connectivity index (χ1v) is 5.72. The van der Waals surface area contributed by atoms with Crippen molar-refractivity contribution < 1.29 is 14.3 Å². The summed E-state index contributed by atoms with van der Waals surface area (Å²) in [5.41, 5.74) is 0.921. The van der Waals surface area contributed by atoms with E-state index in [-0.39, 0.29) is 18.1 Å². The molecule has 0 saturated carbocycles. The van der Waals surface area contributed by atoms with Crippen molar-refractivity contribution >= 4 is 11.7 Å². The average molecular weight is 260 g/mol. The lowest BCUT2D eigenvalue weighted by Crippen LogP contribution is -2.20. The molecular weight excluding hydrogens is 247 g/mol. The van der Waals surface area contributed by atoms with Crippen LogP contribution in [0.15, 0.2) is 42.6 Å². The Morgan fingerprint density at radius 3 is 2.74 bits per heavy atom. The molecule has 1 aromatic heterocycles. The monoisotopic (exact) mass is 260 g/mol. The maximum Gasteiger partial charge on any atom is 0.356 e. The second kappa shape index (κ2) is 5.48. The molecule has 0 aliphatic carbocycles. The van der Waals surface area contributed by atoms with Crippen LogP contribution in [0.1, 0.15) is 16.1 Å². The van der Waals surface area contributed by atoms with Gasteiger partial charge in [0.25, 0.3) is 0 Å². The number of carboxylic acid groups (broad SMARTS) is 1. The van der Waals surface area contributed by atoms with Gasteiger partial charge in [0.2, 0.25) is 0 Å². The Hall–Kier alpha value is -2.43. The highest BCUT2D eigenvalue weighted by atomic mass is 19.1. The maximum absolute atomic E-state index is 13.6. The summed E-state index contributed by atoms with van der Waals surface area (Å²) in [6.45, 7) is 0.276. The summed E-state index contributed by atoms with van der Waals surface area (Å²) in [5.74, 6) is -1.41. The van der Waals surface area contributed by atoms with Gasteiger partial charge in [-0.1, -0.05) is 18.2 Å². The lowest BCUT2D eigenvalue weighted by molar-refractivity contribution is 0.0691. The Morgan fingerprint density at radius 1 is 1.32 bits per heavy atom. The minimum Gasteiger partial charge on any atom is -0.476 e. The number of benzene rings is 1. The van der Waals surface area contributed by atoms with Gasteiger partial charge in [0.1, 0.15) is 5.82 Å². The van der Waals surface area contributed by atoms with Crippen LogP contribution in [0.3, 0.4) is 0 Å². The number of carboxylic acids is 1. The van der Waals surface area contributed by atoms with E-state index in [1.54, 1.807) is 42.3 Å². The van der Waals surface area contributed by atoms with Gasteiger partial charge in [-0.3, -0.25) is 0 Å². The van der Waals surface area contributed by atoms with E-state index < -0.39 is 5.97 Å². The van der Waals surface area contributed by atoms with Crippen molar-refractivity contribution in [3.63, 3.8) is 0 Å². The van der Waals surface area contributed by atoms with E-state index in [0.717, 1.165) is 0 Å². The summed E-state index contributed by atoms with van der Waals surface area (Å²) in [7, 11) is 1.70. The molecular formula is C14H13FN2O2. The predicted molar refractivity (Wildman–Crippen MR) is 69.7 cm³/mol. The lowest BCUT2D eigenvalue weighted by atomic mass is 10.2. The zero-order valence-corrected chi connectivity index (χ0v) is 10.4. The quantitative estimate of drug-likeness (QED) is 0.917. The van der Waals surface area contributed by atoms with Crippen molar-refractivity contribution in [3.05, 3.63) is 59.7 Å². The molecule has 0 spiro atoms. The molecule has 1 N–H and O–H groups in total. The van der Waals surface area contributed by atoms with Gasteiger partial charge in [-0.25, -0.2) is 14.2 Å². The fourth-order valence-corrected chi connectivity index (χ4v) is 1.84. The van der Waals surface area contributed by atoms with E-state index in [0.29, 0.717) is 11.3 Å². The fraction of sp³-hybridized carbons (Fsp3) is 0.143. The summed E-state index contributed by atoms with van der Waals surface area (Å²) >= 11 is 0. The van der Waals surface area contributed by atoms with Crippen molar-refractivity contribution in [1.82, 2.24) is 4.98 Å². The third-order valence-electron chi connectivity index (χ3n) is 2.77. The Labute approximate surface area is 110 Å². The van der Waals surface area contributed by atoms with Crippen molar-refractivity contribution in [2.24, 2.45) is 0 Å². The Bertz CT molecular complexity index is 602. The van der Waals surface area contributed by atoms with Crippen molar-refractivity contribution in [2.75, 3.05) is 11.9 Å². The topological polar surface area (TPSA) is 53.4 Å². The number of anilines is 1. The third-order valence-corrected chi connectivity index (χ3v) is 2.77. The van der Waals surface area contributed by atoms with Crippen LogP contribution >= 0.6 is 0 Å². The molecule has 0 aliphatic heterocycles. The van der Waals surface area contributed by atoms with E-state index in [1.165, 1.54) is 12.3 Å². The first-order valence-electron chi connectivity index (χ1n) is 5.72. The molecule has 1 aromatic carbocycles. The number of carbonyl (C=O) groups is 1. The van der Waals surface area contributed by atoms with Crippen LogP contribution in [0.5, 0.6) is 0 Å². The highest BCUT2D eigenvalue weighted by molar-refractivity contribution is 5.92. The molecule has 4 nitrogen and oxygen atoms in total. The van der Waals surface area contributed by atoms with E-state index in [9.17, 15) is 9.18 Å². The molecule has 1 heterocycles. The SMILES string of the molecule is CN(Cc1ccccc1F)c1cccnc1C(=O)O. The van der Waals surface area contributed by atoms with E-state index in [1.807, 2.05) is 0 Å². The van der Waals surface area contributed by atoms with Gasteiger partial charge in [0.05, 0.1) is 5.69 Å². The van der Waals surface area contributed by atoms with Gasteiger partial charge in [0.15, 0.2) is 5.69 Å². The number of aromatic carboxylic acids is 1. The highest BCUT2D eigenvalue weighted by Crippen LogP contribution is 2.20. The zero-order chi connectivity index (χ0) is 13.8. The van der Waals surface area contributed by atoms with E-state index in [4.69, 9.17) is 5.11 Å². The van der Waals surface area contributed by atoms with Crippen molar-refractivity contribution in [3.8, 4) is 0 Å². The summed E-state index contributed by atoms with van der Waals surface area (Å²) in [5, 5.41) is 9.07. The number of nitrogens with zero attached hydrogens (tertiary/aromatic N) is 2. The average Bonchev–Trinajstić information content (AvgIpc) is 2.41. The number of hydrogen-bond donors (Lipinski definition) is 1. The number of aromatic nitrogens is 1. The standard InChI is InChI=1S/C14H13FN2O2/c1-17(9-10-5-2-3-6-11(10)15)12-7-4-8-16-13(12)14(18)19/h2-8H,9H2,1H3,(H,18,19). The molecule has 0 aliphatic rings. The minimum absolute atomic E-state index is 0.0404. The fourth-order valence-electron chi connectivity index (χ4n) is 1.84. The molecule has 0 radical (unpaired) electrons. The molecule has 2 rings (SSSR count). The van der Waals surface area contributed by atoms with Crippen LogP contribution in [0.25, 0.3) is 0 Å². The van der Waals surface area contributed by atoms with Gasteiger partial charge in [-0.05, 0) is 18.2 Å². The van der Waals surface area contributed by atoms with Gasteiger partial charge in [-0.2, -0.15) is 0 Å². The lowest BCUT2D eigenvalue weighted by Gasteiger charge is -2.20. The molecule has 2 aromatic rings. The molecule has 0 amide bonds. The molecule has 5 heteroatoms. The van der Waals surface area contributed by atoms with Crippen LogP contribution in [-0.2, 0) is 6.54 Å². The molecule has 0 saturated heterocycles. The smallest absolute Gasteiger partial charge is 0.356 e. The molecule has 0 atom stereocenters. The first kappa shape index (κ1) is 13.0. The summed E-state index contributed by atoms with van der Waals surface area (Å²) in [6.07, 6.45) is 1.42. The Balaban J connectivity index is 2.28. The van der Waals surface area contributed by atoms with Crippen molar-refractivity contribution in [2.45, 2.75) is 6.54 Å². The van der Waals surface area contributed by atoms with Gasteiger partial charge in [-0.15, -0.1) is 0 Å². The number of halogens is 1. The largest absolute Gasteiger partial charge is 0.476 e. The molecule has 0 fully saturated rings. The minimum atomic E-state index is -1.10. The number of rotatable bonds is 4. The summed E-state index contributed by atoms with van der Waals surface area (Å²) < 4.78 is 13.6. The summed E-state index contributed by atoms with van der Waals surface area (Å²) in [6, 6.07) is 9.71. The van der Waals surface area contributed by atoms with E-state index in [2.05, 4.69) is 4.98 Å². The maximum atomic E-state index is 13.6. The van der Waals surface area contributed by atoms with E-state index >= 15 is 0 Å². The molecule has 19 heavy (non-hydrogen) atoms. The van der Waals surface area contributed by atoms with Crippen LogP contribution in [0, 0.1) is 5.82 Å². The van der Waals surface area contributed by atoms with Gasteiger partial charge >= 0.3 is 5.97 Å².